The second-order valence-corrected chi connectivity index (χ2v) is 6.93. The van der Waals surface area contributed by atoms with E-state index in [9.17, 15) is 14.4 Å². The maximum absolute atomic E-state index is 12.6. The number of nitrogens with zero attached hydrogens (tertiary/aromatic N) is 1. The zero-order valence-corrected chi connectivity index (χ0v) is 12.4. The molecule has 0 aromatic carbocycles. The van der Waals surface area contributed by atoms with Crippen molar-refractivity contribution < 1.29 is 14.4 Å². The van der Waals surface area contributed by atoms with E-state index in [0.29, 0.717) is 17.2 Å². The number of barbiturate groups is 1. The Hall–Kier alpha value is -1.40. The highest BCUT2D eigenvalue weighted by Crippen LogP contribution is 2.46. The molecule has 7 heteroatoms. The normalized spacial score (nSPS) is 22.7. The van der Waals surface area contributed by atoms with Crippen LogP contribution in [0.15, 0.2) is 12.1 Å². The second-order valence-electron chi connectivity index (χ2n) is 5.19. The van der Waals surface area contributed by atoms with E-state index in [0.717, 1.165) is 16.2 Å². The molecule has 2 fully saturated rings. The van der Waals surface area contributed by atoms with Crippen LogP contribution in [-0.4, -0.2) is 22.7 Å². The molecule has 1 aliphatic carbocycles. The van der Waals surface area contributed by atoms with E-state index in [1.807, 2.05) is 0 Å². The van der Waals surface area contributed by atoms with Gasteiger partial charge in [-0.2, -0.15) is 0 Å². The minimum atomic E-state index is -1.02. The average molecular weight is 313 g/mol. The quantitative estimate of drug-likeness (QED) is 0.854. The first-order valence-electron chi connectivity index (χ1n) is 6.40. The first kappa shape index (κ1) is 13.6. The number of rotatable bonds is 2. The third kappa shape index (κ3) is 1.78. The predicted octanol–water partition coefficient (Wildman–Crippen LogP) is 2.71. The van der Waals surface area contributed by atoms with Crippen molar-refractivity contribution in [2.45, 2.75) is 32.2 Å². The molecule has 1 N–H and O–H groups in total. The van der Waals surface area contributed by atoms with E-state index in [2.05, 4.69) is 5.32 Å². The summed E-state index contributed by atoms with van der Waals surface area (Å²) in [6, 6.07) is 2.46. The Morgan fingerprint density at radius 3 is 2.55 bits per heavy atom. The Morgan fingerprint density at radius 2 is 2.05 bits per heavy atom. The lowest BCUT2D eigenvalue weighted by Gasteiger charge is -2.46. The fourth-order valence-electron chi connectivity index (χ4n) is 2.70. The number of nitrogens with one attached hydrogen (secondary N) is 1. The van der Waals surface area contributed by atoms with Crippen molar-refractivity contribution in [1.82, 2.24) is 10.2 Å². The third-order valence-electron chi connectivity index (χ3n) is 4.10. The molecule has 0 radical (unpaired) electrons. The van der Waals surface area contributed by atoms with Crippen LogP contribution in [-0.2, 0) is 9.59 Å². The molecule has 20 heavy (non-hydrogen) atoms. The van der Waals surface area contributed by atoms with Crippen LogP contribution in [0, 0.1) is 5.41 Å². The van der Waals surface area contributed by atoms with Crippen molar-refractivity contribution in [2.75, 3.05) is 0 Å². The highest BCUT2D eigenvalue weighted by atomic mass is 35.5. The standard InChI is InChI=1S/C13H13ClN2O3S/c1-7(8-3-4-9(14)20-8)16-11(18)13(5-2-6-13)10(17)15-12(16)19/h3-4,7H,2,5-6H2,1H3,(H,15,17,19). The summed E-state index contributed by atoms with van der Waals surface area (Å²) >= 11 is 7.22. The Bertz CT molecular complexity index is 609. The fourth-order valence-corrected chi connectivity index (χ4v) is 3.80. The molecule has 2 aliphatic rings. The SMILES string of the molecule is CC(c1ccc(Cl)s1)N1C(=O)NC(=O)C2(CCC2)C1=O. The smallest absolute Gasteiger partial charge is 0.277 e. The summed E-state index contributed by atoms with van der Waals surface area (Å²) in [6.45, 7) is 1.77. The van der Waals surface area contributed by atoms with Crippen molar-refractivity contribution >= 4 is 40.8 Å². The minimum absolute atomic E-state index is 0.380. The van der Waals surface area contributed by atoms with Gasteiger partial charge < -0.3 is 0 Å². The molecule has 106 valence electrons. The molecule has 1 aromatic heterocycles. The first-order valence-corrected chi connectivity index (χ1v) is 7.59. The van der Waals surface area contributed by atoms with Gasteiger partial charge >= 0.3 is 6.03 Å². The van der Waals surface area contributed by atoms with Crippen molar-refractivity contribution in [3.8, 4) is 0 Å². The molecule has 1 aliphatic heterocycles. The molecule has 1 spiro atoms. The van der Waals surface area contributed by atoms with E-state index in [1.54, 1.807) is 19.1 Å². The Morgan fingerprint density at radius 1 is 1.35 bits per heavy atom. The molecular formula is C13H13ClN2O3S. The Balaban J connectivity index is 1.93. The topological polar surface area (TPSA) is 66.5 Å². The van der Waals surface area contributed by atoms with Gasteiger partial charge in [0.25, 0.3) is 0 Å². The lowest BCUT2D eigenvalue weighted by molar-refractivity contribution is -0.159. The number of hydrogen-bond acceptors (Lipinski definition) is 4. The van der Waals surface area contributed by atoms with Crippen LogP contribution in [0.2, 0.25) is 4.34 Å². The van der Waals surface area contributed by atoms with Gasteiger partial charge in [-0.3, -0.25) is 19.8 Å². The molecule has 5 nitrogen and oxygen atoms in total. The van der Waals surface area contributed by atoms with Crippen LogP contribution in [0.1, 0.15) is 37.1 Å². The van der Waals surface area contributed by atoms with Gasteiger partial charge in [0.2, 0.25) is 11.8 Å². The van der Waals surface area contributed by atoms with Crippen LogP contribution in [0.3, 0.4) is 0 Å². The summed E-state index contributed by atoms with van der Waals surface area (Å²) in [6.07, 6.45) is 1.86. The van der Waals surface area contributed by atoms with Crippen LogP contribution < -0.4 is 5.32 Å². The van der Waals surface area contributed by atoms with E-state index in [4.69, 9.17) is 11.6 Å². The predicted molar refractivity (Wildman–Crippen MR) is 74.4 cm³/mol. The van der Waals surface area contributed by atoms with Crippen molar-refractivity contribution in [2.24, 2.45) is 5.41 Å². The number of thiophene rings is 1. The van der Waals surface area contributed by atoms with Crippen molar-refractivity contribution in [1.29, 1.82) is 0 Å². The van der Waals surface area contributed by atoms with Gasteiger partial charge in [-0.1, -0.05) is 18.0 Å². The van der Waals surface area contributed by atoms with E-state index in [-0.39, 0.29) is 5.91 Å². The molecule has 4 amide bonds. The van der Waals surface area contributed by atoms with Gasteiger partial charge in [0, 0.05) is 4.88 Å². The molecule has 1 atom stereocenters. The maximum atomic E-state index is 12.6. The second kappa shape index (κ2) is 4.56. The number of carbonyl (C=O) groups is 3. The highest BCUT2D eigenvalue weighted by Gasteiger charge is 2.58. The molecule has 1 saturated carbocycles. The van der Waals surface area contributed by atoms with Gasteiger partial charge in [0.05, 0.1) is 10.4 Å². The summed E-state index contributed by atoms with van der Waals surface area (Å²) in [4.78, 5) is 38.5. The first-order chi connectivity index (χ1) is 9.45. The summed E-state index contributed by atoms with van der Waals surface area (Å²) in [7, 11) is 0. The zero-order valence-electron chi connectivity index (χ0n) is 10.8. The average Bonchev–Trinajstić information content (AvgIpc) is 2.73. The van der Waals surface area contributed by atoms with Gasteiger partial charge in [-0.25, -0.2) is 4.79 Å². The summed E-state index contributed by atoms with van der Waals surface area (Å²) in [5.41, 5.74) is -1.02. The van der Waals surface area contributed by atoms with Gasteiger partial charge in [0.15, 0.2) is 0 Å². The van der Waals surface area contributed by atoms with Gasteiger partial charge in [-0.05, 0) is 31.9 Å². The molecule has 2 heterocycles. The number of hydrogen-bond donors (Lipinski definition) is 1. The third-order valence-corrected chi connectivity index (χ3v) is 5.50. The number of halogens is 1. The van der Waals surface area contributed by atoms with E-state index >= 15 is 0 Å². The molecule has 3 rings (SSSR count). The molecule has 1 unspecified atom stereocenters. The Labute approximate surface area is 124 Å². The lowest BCUT2D eigenvalue weighted by atomic mass is 9.66. The number of imide groups is 2. The van der Waals surface area contributed by atoms with Crippen molar-refractivity contribution in [3.63, 3.8) is 0 Å². The largest absolute Gasteiger partial charge is 0.331 e. The lowest BCUT2D eigenvalue weighted by Crippen LogP contribution is -2.66. The summed E-state index contributed by atoms with van der Waals surface area (Å²) < 4.78 is 0.603. The molecule has 0 bridgehead atoms. The van der Waals surface area contributed by atoms with E-state index < -0.39 is 23.4 Å². The Kier molecular flexibility index (Phi) is 3.10. The number of amides is 4. The zero-order chi connectivity index (χ0) is 14.5. The van der Waals surface area contributed by atoms with Crippen molar-refractivity contribution in [3.05, 3.63) is 21.3 Å². The maximum Gasteiger partial charge on any atom is 0.331 e. The summed E-state index contributed by atoms with van der Waals surface area (Å²) in [5.74, 6) is -0.832. The van der Waals surface area contributed by atoms with Crippen LogP contribution in [0.25, 0.3) is 0 Å². The summed E-state index contributed by atoms with van der Waals surface area (Å²) in [5, 5.41) is 2.31. The van der Waals surface area contributed by atoms with E-state index in [1.165, 1.54) is 11.3 Å². The van der Waals surface area contributed by atoms with Crippen LogP contribution in [0.5, 0.6) is 0 Å². The molecular weight excluding hydrogens is 300 g/mol. The van der Waals surface area contributed by atoms with Gasteiger partial charge in [0.1, 0.15) is 5.41 Å². The fraction of sp³-hybridized carbons (Fsp3) is 0.462. The van der Waals surface area contributed by atoms with Gasteiger partial charge in [-0.15, -0.1) is 11.3 Å². The number of urea groups is 1. The highest BCUT2D eigenvalue weighted by molar-refractivity contribution is 7.16. The minimum Gasteiger partial charge on any atom is -0.277 e. The number of carbonyl (C=O) groups excluding carboxylic acids is 3. The molecule has 1 aromatic rings. The van der Waals surface area contributed by atoms with Crippen LogP contribution >= 0.6 is 22.9 Å². The molecule has 1 saturated heterocycles. The van der Waals surface area contributed by atoms with Crippen LogP contribution in [0.4, 0.5) is 4.79 Å². The monoisotopic (exact) mass is 312 g/mol.